The van der Waals surface area contributed by atoms with Gasteiger partial charge < -0.3 is 10.1 Å². The maximum atomic E-state index is 13.9. The average Bonchev–Trinajstić information content (AvgIpc) is 3.45. The van der Waals surface area contributed by atoms with Crippen LogP contribution in [0.2, 0.25) is 5.02 Å². The summed E-state index contributed by atoms with van der Waals surface area (Å²) in [4.78, 5) is 12.5. The molecule has 1 N–H and O–H groups in total. The Bertz CT molecular complexity index is 1370. The molecule has 4 rings (SSSR count). The maximum absolute atomic E-state index is 13.9. The van der Waals surface area contributed by atoms with Gasteiger partial charge >= 0.3 is 0 Å². The third-order valence-electron chi connectivity index (χ3n) is 4.79. The summed E-state index contributed by atoms with van der Waals surface area (Å²) in [5, 5.41) is 11.2. The number of carbonyl (C=O) groups excluding carboxylic acids is 1. The van der Waals surface area contributed by atoms with Crippen molar-refractivity contribution >= 4 is 23.2 Å². The van der Waals surface area contributed by atoms with Crippen LogP contribution in [0.1, 0.15) is 21.6 Å². The van der Waals surface area contributed by atoms with Crippen molar-refractivity contribution in [1.29, 1.82) is 0 Å². The predicted molar refractivity (Wildman–Crippen MR) is 115 cm³/mol. The van der Waals surface area contributed by atoms with Gasteiger partial charge in [0.25, 0.3) is 5.91 Å². The van der Waals surface area contributed by atoms with E-state index in [1.807, 2.05) is 6.92 Å². The lowest BCUT2D eigenvalue weighted by Crippen LogP contribution is -2.14. The molecule has 1 amide bonds. The van der Waals surface area contributed by atoms with Gasteiger partial charge in [-0.1, -0.05) is 11.6 Å². The molecule has 2 aromatic carbocycles. The molecule has 0 radical (unpaired) electrons. The molecule has 0 bridgehead atoms. The Morgan fingerprint density at radius 3 is 2.65 bits per heavy atom. The third-order valence-corrected chi connectivity index (χ3v) is 5.21. The Morgan fingerprint density at radius 2 is 1.88 bits per heavy atom. The first kappa shape index (κ1) is 23.3. The number of amides is 1. The molecule has 0 saturated carbocycles. The van der Waals surface area contributed by atoms with Gasteiger partial charge in [0.1, 0.15) is 11.6 Å². The largest absolute Gasteiger partial charge is 0.471 e. The fourth-order valence-electron chi connectivity index (χ4n) is 3.02. The summed E-state index contributed by atoms with van der Waals surface area (Å²) < 4.78 is 62.3. The van der Waals surface area contributed by atoms with Crippen LogP contribution in [0.5, 0.6) is 5.75 Å². The molecule has 0 unspecified atom stereocenters. The Kier molecular flexibility index (Phi) is 6.55. The summed E-state index contributed by atoms with van der Waals surface area (Å²) in [7, 11) is 0. The van der Waals surface area contributed by atoms with Crippen LogP contribution in [0.25, 0.3) is 0 Å². The topological polar surface area (TPSA) is 74.0 Å². The Morgan fingerprint density at radius 1 is 1.09 bits per heavy atom. The number of aryl methyl sites for hydroxylation is 1. The molecular formula is C22H16ClF4N5O2. The van der Waals surface area contributed by atoms with Gasteiger partial charge in [-0.25, -0.2) is 22.2 Å². The normalized spacial score (nSPS) is 11.0. The number of nitrogens with zero attached hydrogens (tertiary/aromatic N) is 4. The van der Waals surface area contributed by atoms with Crippen molar-refractivity contribution in [3.8, 4) is 5.75 Å². The Balaban J connectivity index is 1.37. The summed E-state index contributed by atoms with van der Waals surface area (Å²) in [6.07, 6.45) is 4.06. The molecule has 0 fully saturated rings. The van der Waals surface area contributed by atoms with Gasteiger partial charge in [0, 0.05) is 29.0 Å². The van der Waals surface area contributed by atoms with E-state index in [1.165, 1.54) is 23.1 Å². The highest BCUT2D eigenvalue weighted by atomic mass is 35.5. The smallest absolute Gasteiger partial charge is 0.276 e. The number of nitrogens with one attached hydrogen (secondary N) is 1. The van der Waals surface area contributed by atoms with Crippen LogP contribution < -0.4 is 10.1 Å². The zero-order chi connectivity index (χ0) is 24.4. The number of anilines is 1. The Labute approximate surface area is 195 Å². The first-order chi connectivity index (χ1) is 16.2. The quantitative estimate of drug-likeness (QED) is 0.225. The fourth-order valence-corrected chi connectivity index (χ4v) is 3.14. The Hall–Kier alpha value is -3.86. The van der Waals surface area contributed by atoms with Gasteiger partial charge in [-0.2, -0.15) is 10.2 Å². The van der Waals surface area contributed by atoms with E-state index < -0.39 is 41.3 Å². The molecule has 0 aliphatic carbocycles. The van der Waals surface area contributed by atoms with Crippen molar-refractivity contribution in [2.75, 3.05) is 5.32 Å². The molecule has 7 nitrogen and oxygen atoms in total. The first-order valence-corrected chi connectivity index (χ1v) is 10.2. The maximum Gasteiger partial charge on any atom is 0.276 e. The second-order valence-corrected chi connectivity index (χ2v) is 7.66. The number of ether oxygens (including phenoxy) is 1. The summed E-state index contributed by atoms with van der Waals surface area (Å²) >= 11 is 5.98. The average molecular weight is 494 g/mol. The number of aromatic nitrogens is 4. The van der Waals surface area contributed by atoms with Gasteiger partial charge in [-0.05, 0) is 36.8 Å². The molecule has 34 heavy (non-hydrogen) atoms. The minimum atomic E-state index is -1.78. The number of hydrogen-bond donors (Lipinski definition) is 1. The van der Waals surface area contributed by atoms with E-state index in [0.717, 1.165) is 10.2 Å². The molecule has 0 saturated heterocycles. The zero-order valence-corrected chi connectivity index (χ0v) is 18.3. The number of hydrogen-bond acceptors (Lipinski definition) is 4. The monoisotopic (exact) mass is 493 g/mol. The molecular weight excluding hydrogens is 478 g/mol. The number of halogens is 5. The van der Waals surface area contributed by atoms with E-state index in [4.69, 9.17) is 16.3 Å². The van der Waals surface area contributed by atoms with Crippen LogP contribution >= 0.6 is 11.6 Å². The summed E-state index contributed by atoms with van der Waals surface area (Å²) in [6.45, 7) is 1.39. The van der Waals surface area contributed by atoms with Crippen LogP contribution in [-0.2, 0) is 13.3 Å². The number of carbonyl (C=O) groups is 1. The molecule has 0 spiro atoms. The second-order valence-electron chi connectivity index (χ2n) is 7.25. The van der Waals surface area contributed by atoms with E-state index in [0.29, 0.717) is 10.8 Å². The minimum absolute atomic E-state index is 0.0532. The van der Waals surface area contributed by atoms with E-state index in [-0.39, 0.29) is 24.2 Å². The van der Waals surface area contributed by atoms with E-state index in [9.17, 15) is 22.4 Å². The van der Waals surface area contributed by atoms with Crippen molar-refractivity contribution in [2.24, 2.45) is 0 Å². The number of benzene rings is 2. The standard InChI is InChI=1S/C22H16ClF4N5O2/c1-12-6-14(2-3-16(12)23)34-11-31-5-4-19(30-31)22(33)29-13-8-28-32(9-13)10-15-17(24)7-18(25)21(27)20(15)26/h2-9H,10-11H2,1H3,(H,29,33). The van der Waals surface area contributed by atoms with Crippen molar-refractivity contribution < 1.29 is 27.1 Å². The second kappa shape index (κ2) is 9.56. The molecule has 0 aliphatic rings. The molecule has 4 aromatic rings. The highest BCUT2D eigenvalue weighted by Gasteiger charge is 2.20. The molecule has 2 heterocycles. The van der Waals surface area contributed by atoms with Gasteiger partial charge in [-0.15, -0.1) is 0 Å². The lowest BCUT2D eigenvalue weighted by atomic mass is 10.2. The van der Waals surface area contributed by atoms with Crippen molar-refractivity contribution in [3.05, 3.63) is 94.0 Å². The van der Waals surface area contributed by atoms with Gasteiger partial charge in [-0.3, -0.25) is 9.48 Å². The van der Waals surface area contributed by atoms with Crippen LogP contribution in [0, 0.1) is 30.2 Å². The van der Waals surface area contributed by atoms with Crippen LogP contribution in [-0.4, -0.2) is 25.5 Å². The number of rotatable bonds is 7. The van der Waals surface area contributed by atoms with Crippen molar-refractivity contribution in [3.63, 3.8) is 0 Å². The van der Waals surface area contributed by atoms with Crippen LogP contribution in [0.4, 0.5) is 23.2 Å². The molecule has 176 valence electrons. The minimum Gasteiger partial charge on any atom is -0.471 e. The SMILES string of the molecule is Cc1cc(OCn2ccc(C(=O)Nc3cnn(Cc4c(F)cc(F)c(F)c4F)c3)n2)ccc1Cl. The molecule has 12 heteroatoms. The lowest BCUT2D eigenvalue weighted by molar-refractivity contribution is 0.102. The summed E-state index contributed by atoms with van der Waals surface area (Å²) in [5.74, 6) is -6.27. The van der Waals surface area contributed by atoms with Crippen molar-refractivity contribution in [2.45, 2.75) is 20.2 Å². The van der Waals surface area contributed by atoms with Gasteiger partial charge in [0.05, 0.1) is 18.4 Å². The fraction of sp³-hybridized carbons (Fsp3) is 0.136. The van der Waals surface area contributed by atoms with E-state index in [2.05, 4.69) is 15.5 Å². The van der Waals surface area contributed by atoms with Crippen molar-refractivity contribution in [1.82, 2.24) is 19.6 Å². The van der Waals surface area contributed by atoms with Crippen LogP contribution in [0.3, 0.4) is 0 Å². The lowest BCUT2D eigenvalue weighted by Gasteiger charge is -2.07. The molecule has 0 aliphatic heterocycles. The molecule has 2 aromatic heterocycles. The zero-order valence-electron chi connectivity index (χ0n) is 17.5. The molecule has 0 atom stereocenters. The third kappa shape index (κ3) is 5.04. The van der Waals surface area contributed by atoms with Crippen LogP contribution in [0.15, 0.2) is 48.9 Å². The van der Waals surface area contributed by atoms with Gasteiger partial charge in [0.15, 0.2) is 29.9 Å². The van der Waals surface area contributed by atoms with E-state index >= 15 is 0 Å². The highest BCUT2D eigenvalue weighted by molar-refractivity contribution is 6.31. The summed E-state index contributed by atoms with van der Waals surface area (Å²) in [6, 6.07) is 6.93. The summed E-state index contributed by atoms with van der Waals surface area (Å²) in [5.41, 5.74) is 0.446. The van der Waals surface area contributed by atoms with Gasteiger partial charge in [0.2, 0.25) is 0 Å². The highest BCUT2D eigenvalue weighted by Crippen LogP contribution is 2.22. The predicted octanol–water partition coefficient (Wildman–Crippen LogP) is 4.93. The first-order valence-electron chi connectivity index (χ1n) is 9.79. The van der Waals surface area contributed by atoms with E-state index in [1.54, 1.807) is 24.4 Å².